The number of pyridine rings is 1. The predicted molar refractivity (Wildman–Crippen MR) is 104 cm³/mol. The van der Waals surface area contributed by atoms with E-state index >= 15 is 0 Å². The zero-order valence-corrected chi connectivity index (χ0v) is 15.2. The molecule has 1 unspecified atom stereocenters. The molecule has 4 rings (SSSR count). The van der Waals surface area contributed by atoms with Crippen LogP contribution in [0.25, 0.3) is 32.7 Å². The Labute approximate surface area is 154 Å². The number of benzene rings is 2. The minimum absolute atomic E-state index is 0.279. The van der Waals surface area contributed by atoms with Crippen LogP contribution < -0.4 is 0 Å². The van der Waals surface area contributed by atoms with Gasteiger partial charge >= 0.3 is 0 Å². The quantitative estimate of drug-likeness (QED) is 0.520. The van der Waals surface area contributed by atoms with Crippen molar-refractivity contribution in [2.45, 2.75) is 20.0 Å². The molecule has 0 aliphatic heterocycles. The van der Waals surface area contributed by atoms with Crippen LogP contribution in [0.2, 0.25) is 0 Å². The van der Waals surface area contributed by atoms with Crippen molar-refractivity contribution in [1.29, 1.82) is 0 Å². The van der Waals surface area contributed by atoms with Gasteiger partial charge < -0.3 is 5.11 Å². The van der Waals surface area contributed by atoms with Crippen LogP contribution in [-0.2, 0) is 0 Å². The van der Waals surface area contributed by atoms with Crippen molar-refractivity contribution in [1.82, 2.24) is 9.97 Å². The molecule has 2 aromatic heterocycles. The van der Waals surface area contributed by atoms with Crippen molar-refractivity contribution in [2.24, 2.45) is 0 Å². The molecule has 3 nitrogen and oxygen atoms in total. The Kier molecular flexibility index (Phi) is 4.26. The smallest absolute Gasteiger partial charge is 0.142 e. The average Bonchev–Trinajstić information content (AvgIpc) is 3.15. The number of aliphatic hydroxyl groups is 1. The topological polar surface area (TPSA) is 46.0 Å². The summed E-state index contributed by atoms with van der Waals surface area (Å²) in [7, 11) is 0. The maximum absolute atomic E-state index is 13.4. The van der Waals surface area contributed by atoms with Gasteiger partial charge in [-0.1, -0.05) is 18.2 Å². The SMILES string of the molecule is Cc1cc(C(C)O)c2cc(-c3ccc(F)cc3)c(-c3nccs3)nc2c1. The van der Waals surface area contributed by atoms with E-state index in [1.165, 1.54) is 23.5 Å². The average molecular weight is 364 g/mol. The molecule has 1 N–H and O–H groups in total. The van der Waals surface area contributed by atoms with Crippen molar-refractivity contribution in [3.63, 3.8) is 0 Å². The predicted octanol–water partition coefficient (Wildman–Crippen LogP) is 5.53. The summed E-state index contributed by atoms with van der Waals surface area (Å²) in [4.78, 5) is 9.27. The summed E-state index contributed by atoms with van der Waals surface area (Å²) in [6.07, 6.45) is 1.14. The molecule has 2 aromatic carbocycles. The minimum Gasteiger partial charge on any atom is -0.389 e. The molecule has 0 radical (unpaired) electrons. The highest BCUT2D eigenvalue weighted by atomic mass is 32.1. The maximum atomic E-state index is 13.4. The largest absolute Gasteiger partial charge is 0.389 e. The Morgan fingerprint density at radius 3 is 2.54 bits per heavy atom. The van der Waals surface area contributed by atoms with Crippen LogP contribution in [0.1, 0.15) is 24.2 Å². The standard InChI is InChI=1S/C21H17FN2OS/c1-12-9-16(13(2)25)18-11-17(14-3-5-15(22)6-4-14)20(24-19(18)10-12)21-23-7-8-26-21/h3-11,13,25H,1-2H3. The number of fused-ring (bicyclic) bond motifs is 1. The fraction of sp³-hybridized carbons (Fsp3) is 0.143. The zero-order chi connectivity index (χ0) is 18.3. The molecule has 0 aliphatic rings. The van der Waals surface area contributed by atoms with Crippen molar-refractivity contribution in [3.8, 4) is 21.8 Å². The Morgan fingerprint density at radius 2 is 1.88 bits per heavy atom. The number of hydrogen-bond donors (Lipinski definition) is 1. The lowest BCUT2D eigenvalue weighted by atomic mass is 9.96. The van der Waals surface area contributed by atoms with Gasteiger partial charge in [0.25, 0.3) is 0 Å². The van der Waals surface area contributed by atoms with E-state index in [-0.39, 0.29) is 5.82 Å². The molecule has 0 saturated carbocycles. The highest BCUT2D eigenvalue weighted by Crippen LogP contribution is 2.36. The maximum Gasteiger partial charge on any atom is 0.142 e. The number of halogens is 1. The van der Waals surface area contributed by atoms with Gasteiger partial charge in [-0.3, -0.25) is 0 Å². The summed E-state index contributed by atoms with van der Waals surface area (Å²) in [5, 5.41) is 13.8. The molecule has 5 heteroatoms. The van der Waals surface area contributed by atoms with Gasteiger partial charge in [-0.2, -0.15) is 0 Å². The van der Waals surface area contributed by atoms with E-state index in [1.807, 2.05) is 30.5 Å². The molecular weight excluding hydrogens is 347 g/mol. The van der Waals surface area contributed by atoms with E-state index in [4.69, 9.17) is 4.98 Å². The number of aromatic nitrogens is 2. The molecule has 0 amide bonds. The van der Waals surface area contributed by atoms with Crippen LogP contribution in [0, 0.1) is 12.7 Å². The van der Waals surface area contributed by atoms with E-state index in [0.29, 0.717) is 0 Å². The lowest BCUT2D eigenvalue weighted by molar-refractivity contribution is 0.201. The zero-order valence-electron chi connectivity index (χ0n) is 14.4. The Morgan fingerprint density at radius 1 is 1.12 bits per heavy atom. The van der Waals surface area contributed by atoms with E-state index in [1.54, 1.807) is 25.3 Å². The first-order valence-corrected chi connectivity index (χ1v) is 9.20. The second-order valence-electron chi connectivity index (χ2n) is 6.33. The number of aryl methyl sites for hydroxylation is 1. The van der Waals surface area contributed by atoms with Crippen LogP contribution in [0.3, 0.4) is 0 Å². The Bertz CT molecular complexity index is 1070. The van der Waals surface area contributed by atoms with Gasteiger partial charge in [0.05, 0.1) is 11.6 Å². The molecule has 4 aromatic rings. The van der Waals surface area contributed by atoms with Crippen LogP contribution in [-0.4, -0.2) is 15.1 Å². The van der Waals surface area contributed by atoms with Crippen LogP contribution in [0.15, 0.2) is 54.0 Å². The summed E-state index contributed by atoms with van der Waals surface area (Å²) in [6, 6.07) is 12.4. The number of hydrogen-bond acceptors (Lipinski definition) is 4. The summed E-state index contributed by atoms with van der Waals surface area (Å²) >= 11 is 1.51. The molecule has 0 saturated heterocycles. The molecule has 130 valence electrons. The summed E-state index contributed by atoms with van der Waals surface area (Å²) in [5.41, 5.74) is 5.20. The monoisotopic (exact) mass is 364 g/mol. The molecular formula is C21H17FN2OS. The van der Waals surface area contributed by atoms with Gasteiger partial charge in [-0.15, -0.1) is 11.3 Å². The van der Waals surface area contributed by atoms with Crippen LogP contribution in [0.4, 0.5) is 4.39 Å². The van der Waals surface area contributed by atoms with Gasteiger partial charge in [-0.25, -0.2) is 14.4 Å². The Hall–Kier alpha value is -2.63. The van der Waals surface area contributed by atoms with E-state index in [0.717, 1.165) is 43.9 Å². The molecule has 1 atom stereocenters. The molecule has 0 aliphatic carbocycles. The number of nitrogens with zero attached hydrogens (tertiary/aromatic N) is 2. The van der Waals surface area contributed by atoms with Gasteiger partial charge in [0.2, 0.25) is 0 Å². The summed E-state index contributed by atoms with van der Waals surface area (Å²) < 4.78 is 13.4. The molecule has 0 spiro atoms. The fourth-order valence-corrected chi connectivity index (χ4v) is 3.79. The Balaban J connectivity index is 2.07. The third kappa shape index (κ3) is 3.00. The van der Waals surface area contributed by atoms with Gasteiger partial charge in [0.1, 0.15) is 16.5 Å². The van der Waals surface area contributed by atoms with E-state index in [2.05, 4.69) is 4.98 Å². The minimum atomic E-state index is -0.606. The first kappa shape index (κ1) is 16.8. The van der Waals surface area contributed by atoms with Crippen molar-refractivity contribution in [3.05, 3.63) is 71.0 Å². The van der Waals surface area contributed by atoms with E-state index in [9.17, 15) is 9.50 Å². The van der Waals surface area contributed by atoms with E-state index < -0.39 is 6.10 Å². The van der Waals surface area contributed by atoms with Crippen molar-refractivity contribution in [2.75, 3.05) is 0 Å². The summed E-state index contributed by atoms with van der Waals surface area (Å²) in [6.45, 7) is 3.74. The number of aliphatic hydroxyl groups excluding tert-OH is 1. The molecule has 0 bridgehead atoms. The van der Waals surface area contributed by atoms with Gasteiger partial charge in [-0.05, 0) is 54.8 Å². The van der Waals surface area contributed by atoms with Crippen molar-refractivity contribution >= 4 is 22.2 Å². The van der Waals surface area contributed by atoms with Gasteiger partial charge in [0.15, 0.2) is 0 Å². The van der Waals surface area contributed by atoms with Crippen molar-refractivity contribution < 1.29 is 9.50 Å². The summed E-state index contributed by atoms with van der Waals surface area (Å²) in [5.74, 6) is -0.279. The van der Waals surface area contributed by atoms with Crippen LogP contribution in [0.5, 0.6) is 0 Å². The second kappa shape index (κ2) is 6.59. The first-order chi connectivity index (χ1) is 12.5. The molecule has 26 heavy (non-hydrogen) atoms. The lowest BCUT2D eigenvalue weighted by Crippen LogP contribution is -1.98. The first-order valence-electron chi connectivity index (χ1n) is 8.32. The normalized spacial score (nSPS) is 12.5. The third-order valence-corrected chi connectivity index (χ3v) is 5.13. The highest BCUT2D eigenvalue weighted by Gasteiger charge is 2.17. The molecule has 0 fully saturated rings. The number of thiazole rings is 1. The van der Waals surface area contributed by atoms with Crippen LogP contribution >= 0.6 is 11.3 Å². The third-order valence-electron chi connectivity index (χ3n) is 4.35. The lowest BCUT2D eigenvalue weighted by Gasteiger charge is -2.15. The fourth-order valence-electron chi connectivity index (χ4n) is 3.15. The highest BCUT2D eigenvalue weighted by molar-refractivity contribution is 7.13. The van der Waals surface area contributed by atoms with Gasteiger partial charge in [0, 0.05) is 22.5 Å². The molecule has 2 heterocycles. The number of rotatable bonds is 3. The second-order valence-corrected chi connectivity index (χ2v) is 7.22.